The molecule has 0 aliphatic rings. The highest BCUT2D eigenvalue weighted by atomic mass is 32.2. The Bertz CT molecular complexity index is 1190. The maximum absolute atomic E-state index is 12.3. The van der Waals surface area contributed by atoms with Gasteiger partial charge in [-0.15, -0.1) is 10.2 Å². The van der Waals surface area contributed by atoms with Gasteiger partial charge in [0, 0.05) is 23.6 Å². The third-order valence-corrected chi connectivity index (χ3v) is 5.37. The number of benzene rings is 2. The van der Waals surface area contributed by atoms with E-state index < -0.39 is 0 Å². The molecule has 1 N–H and O–H groups in total. The van der Waals surface area contributed by atoms with Crippen molar-refractivity contribution in [1.82, 2.24) is 25.2 Å². The van der Waals surface area contributed by atoms with Gasteiger partial charge in [-0.05, 0) is 54.1 Å². The van der Waals surface area contributed by atoms with E-state index in [9.17, 15) is 4.79 Å². The third-order valence-electron chi connectivity index (χ3n) is 4.44. The molecule has 2 aromatic heterocycles. The van der Waals surface area contributed by atoms with E-state index in [0.29, 0.717) is 11.0 Å². The molecular formula is C23H20N6O2S. The molecule has 1 amide bonds. The van der Waals surface area contributed by atoms with Crippen LogP contribution >= 0.6 is 11.8 Å². The van der Waals surface area contributed by atoms with Crippen molar-refractivity contribution in [2.24, 2.45) is 5.10 Å². The van der Waals surface area contributed by atoms with Crippen molar-refractivity contribution < 1.29 is 9.53 Å². The summed E-state index contributed by atoms with van der Waals surface area (Å²) in [5.74, 6) is 1.34. The maximum Gasteiger partial charge on any atom is 0.250 e. The van der Waals surface area contributed by atoms with Gasteiger partial charge in [0.2, 0.25) is 0 Å². The van der Waals surface area contributed by atoms with Crippen LogP contribution in [0, 0.1) is 0 Å². The highest BCUT2D eigenvalue weighted by Gasteiger charge is 2.17. The molecule has 0 spiro atoms. The first kappa shape index (κ1) is 21.3. The normalized spacial score (nSPS) is 10.9. The number of methoxy groups -OCH3 is 1. The number of nitrogens with zero attached hydrogens (tertiary/aromatic N) is 5. The minimum Gasteiger partial charge on any atom is -0.497 e. The Hall–Kier alpha value is -3.98. The van der Waals surface area contributed by atoms with Gasteiger partial charge >= 0.3 is 0 Å². The zero-order valence-electron chi connectivity index (χ0n) is 17.3. The number of hydrogen-bond donors (Lipinski definition) is 1. The van der Waals surface area contributed by atoms with Gasteiger partial charge < -0.3 is 4.74 Å². The molecule has 0 bridgehead atoms. The van der Waals surface area contributed by atoms with Gasteiger partial charge in [0.25, 0.3) is 5.91 Å². The average molecular weight is 445 g/mol. The molecule has 0 unspecified atom stereocenters. The summed E-state index contributed by atoms with van der Waals surface area (Å²) in [6, 6.07) is 21.0. The molecule has 0 aliphatic heterocycles. The van der Waals surface area contributed by atoms with Crippen LogP contribution in [-0.4, -0.2) is 44.7 Å². The van der Waals surface area contributed by atoms with Crippen molar-refractivity contribution in [3.8, 4) is 22.8 Å². The summed E-state index contributed by atoms with van der Waals surface area (Å²) in [6.07, 6.45) is 4.89. The van der Waals surface area contributed by atoms with Gasteiger partial charge in [-0.1, -0.05) is 30.0 Å². The highest BCUT2D eigenvalue weighted by Crippen LogP contribution is 2.28. The molecule has 4 rings (SSSR count). The zero-order chi connectivity index (χ0) is 22.2. The first-order valence-electron chi connectivity index (χ1n) is 9.74. The molecule has 2 aromatic carbocycles. The quantitative estimate of drug-likeness (QED) is 0.254. The highest BCUT2D eigenvalue weighted by molar-refractivity contribution is 7.99. The van der Waals surface area contributed by atoms with Gasteiger partial charge in [-0.25, -0.2) is 5.43 Å². The monoisotopic (exact) mass is 444 g/mol. The van der Waals surface area contributed by atoms with E-state index in [1.165, 1.54) is 11.8 Å². The molecule has 160 valence electrons. The van der Waals surface area contributed by atoms with Crippen LogP contribution in [0.4, 0.5) is 0 Å². The number of rotatable bonds is 8. The van der Waals surface area contributed by atoms with Crippen LogP contribution in [0.3, 0.4) is 0 Å². The minimum absolute atomic E-state index is 0.140. The number of carbonyl (C=O) groups is 1. The second kappa shape index (κ2) is 10.4. The van der Waals surface area contributed by atoms with Crippen molar-refractivity contribution in [2.45, 2.75) is 5.16 Å². The Balaban J connectivity index is 1.51. The zero-order valence-corrected chi connectivity index (χ0v) is 18.1. The van der Waals surface area contributed by atoms with E-state index in [1.54, 1.807) is 37.9 Å². The van der Waals surface area contributed by atoms with Crippen molar-refractivity contribution in [1.29, 1.82) is 0 Å². The van der Waals surface area contributed by atoms with Gasteiger partial charge in [0.1, 0.15) is 5.75 Å². The van der Waals surface area contributed by atoms with E-state index in [1.807, 2.05) is 59.2 Å². The second-order valence-corrected chi connectivity index (χ2v) is 7.51. The minimum atomic E-state index is -0.242. The van der Waals surface area contributed by atoms with Crippen LogP contribution < -0.4 is 10.2 Å². The number of hydrazone groups is 1. The molecule has 0 saturated carbocycles. The van der Waals surface area contributed by atoms with Crippen LogP contribution in [-0.2, 0) is 4.79 Å². The lowest BCUT2D eigenvalue weighted by Crippen LogP contribution is -2.20. The smallest absolute Gasteiger partial charge is 0.250 e. The predicted octanol–water partition coefficient (Wildman–Crippen LogP) is 3.58. The lowest BCUT2D eigenvalue weighted by Gasteiger charge is -2.10. The van der Waals surface area contributed by atoms with E-state index in [0.717, 1.165) is 22.6 Å². The van der Waals surface area contributed by atoms with Crippen molar-refractivity contribution in [2.75, 3.05) is 12.9 Å². The largest absolute Gasteiger partial charge is 0.497 e. The molecule has 9 heteroatoms. The Labute approximate surface area is 189 Å². The molecule has 0 radical (unpaired) electrons. The van der Waals surface area contributed by atoms with Crippen molar-refractivity contribution in [3.63, 3.8) is 0 Å². The SMILES string of the molecule is COc1ccc(-c2nnc(SCC(=O)N/N=C/c3ccncc3)n2-c2ccccc2)cc1. The van der Waals surface area contributed by atoms with Crippen LogP contribution in [0.15, 0.2) is 89.4 Å². The van der Waals surface area contributed by atoms with Gasteiger partial charge in [0.05, 0.1) is 19.1 Å². The molecule has 0 aliphatic carbocycles. The number of aromatic nitrogens is 4. The van der Waals surface area contributed by atoms with Crippen molar-refractivity contribution >= 4 is 23.9 Å². The van der Waals surface area contributed by atoms with Gasteiger partial charge in [0.15, 0.2) is 11.0 Å². The molecule has 0 atom stereocenters. The predicted molar refractivity (Wildman–Crippen MR) is 124 cm³/mol. The van der Waals surface area contributed by atoms with Crippen LogP contribution in [0.5, 0.6) is 5.75 Å². The summed E-state index contributed by atoms with van der Waals surface area (Å²) in [6.45, 7) is 0. The molecule has 8 nitrogen and oxygen atoms in total. The lowest BCUT2D eigenvalue weighted by atomic mass is 10.2. The molecule has 0 saturated heterocycles. The Morgan fingerprint density at radius 1 is 1.06 bits per heavy atom. The molecular weight excluding hydrogens is 424 g/mol. The number of carbonyl (C=O) groups excluding carboxylic acids is 1. The van der Waals surface area contributed by atoms with Crippen molar-refractivity contribution in [3.05, 3.63) is 84.7 Å². The number of thioether (sulfide) groups is 1. The lowest BCUT2D eigenvalue weighted by molar-refractivity contribution is -0.118. The molecule has 4 aromatic rings. The summed E-state index contributed by atoms with van der Waals surface area (Å²) in [4.78, 5) is 16.2. The summed E-state index contributed by atoms with van der Waals surface area (Å²) in [5.41, 5.74) is 5.17. The summed E-state index contributed by atoms with van der Waals surface area (Å²) in [7, 11) is 1.63. The standard InChI is InChI=1S/C23H20N6O2S/c1-31-20-9-7-18(8-10-20)22-27-28-23(29(22)19-5-3-2-4-6-19)32-16-21(30)26-25-15-17-11-13-24-14-12-17/h2-15H,16H2,1H3,(H,26,30)/b25-15+. The van der Waals surface area contributed by atoms with E-state index in [4.69, 9.17) is 4.74 Å². The third kappa shape index (κ3) is 5.19. The number of hydrogen-bond acceptors (Lipinski definition) is 7. The first-order valence-corrected chi connectivity index (χ1v) is 10.7. The van der Waals surface area contributed by atoms with E-state index in [2.05, 4.69) is 25.7 Å². The number of nitrogens with one attached hydrogen (secondary N) is 1. The fourth-order valence-corrected chi connectivity index (χ4v) is 3.64. The Morgan fingerprint density at radius 2 is 1.81 bits per heavy atom. The summed E-state index contributed by atoms with van der Waals surface area (Å²) >= 11 is 1.29. The fourth-order valence-electron chi connectivity index (χ4n) is 2.89. The molecule has 0 fully saturated rings. The topological polar surface area (TPSA) is 94.3 Å². The molecule has 2 heterocycles. The van der Waals surface area contributed by atoms with Gasteiger partial charge in [-0.2, -0.15) is 5.10 Å². The summed E-state index contributed by atoms with van der Waals surface area (Å²) in [5, 5.41) is 13.3. The van der Waals surface area contributed by atoms with Crippen LogP contribution in [0.1, 0.15) is 5.56 Å². The average Bonchev–Trinajstić information content (AvgIpc) is 3.28. The Kier molecular flexibility index (Phi) is 6.88. The maximum atomic E-state index is 12.3. The van der Waals surface area contributed by atoms with Crippen LogP contribution in [0.2, 0.25) is 0 Å². The van der Waals surface area contributed by atoms with E-state index >= 15 is 0 Å². The number of amides is 1. The summed E-state index contributed by atoms with van der Waals surface area (Å²) < 4.78 is 7.18. The number of pyridine rings is 1. The van der Waals surface area contributed by atoms with Gasteiger partial charge in [-0.3, -0.25) is 14.3 Å². The fraction of sp³-hybridized carbons (Fsp3) is 0.0870. The first-order chi connectivity index (χ1) is 15.7. The number of para-hydroxylation sites is 1. The molecule has 32 heavy (non-hydrogen) atoms. The Morgan fingerprint density at radius 3 is 2.53 bits per heavy atom. The second-order valence-electron chi connectivity index (χ2n) is 6.57. The number of ether oxygens (including phenoxy) is 1. The van der Waals surface area contributed by atoms with E-state index in [-0.39, 0.29) is 11.7 Å². The van der Waals surface area contributed by atoms with Crippen LogP contribution in [0.25, 0.3) is 17.1 Å².